The zero-order valence-electron chi connectivity index (χ0n) is 17.7. The van der Waals surface area contributed by atoms with E-state index >= 15 is 0 Å². The number of benzene rings is 1. The van der Waals surface area contributed by atoms with Gasteiger partial charge >= 0.3 is 18.2 Å². The van der Waals surface area contributed by atoms with Gasteiger partial charge in [0, 0.05) is 13.1 Å². The van der Waals surface area contributed by atoms with E-state index in [1.54, 1.807) is 32.9 Å². The molecular formula is C21H27N3O6. The lowest BCUT2D eigenvalue weighted by molar-refractivity contribution is -0.158. The second-order valence-corrected chi connectivity index (χ2v) is 7.95. The molecule has 1 saturated heterocycles. The second-order valence-electron chi connectivity index (χ2n) is 7.95. The first-order valence-corrected chi connectivity index (χ1v) is 9.54. The molecule has 1 aromatic carbocycles. The maximum absolute atomic E-state index is 12.8. The third-order valence-corrected chi connectivity index (χ3v) is 4.58. The quantitative estimate of drug-likeness (QED) is 0.547. The van der Waals surface area contributed by atoms with E-state index in [1.807, 2.05) is 24.3 Å². The Bertz CT molecular complexity index is 814. The fraction of sp³-hybridized carbons (Fsp3) is 0.524. The van der Waals surface area contributed by atoms with Gasteiger partial charge in [-0.1, -0.05) is 30.3 Å². The number of esters is 1. The minimum absolute atomic E-state index is 0.00968. The number of nitriles is 1. The first-order valence-electron chi connectivity index (χ1n) is 9.54. The normalized spacial score (nSPS) is 18.9. The van der Waals surface area contributed by atoms with E-state index in [9.17, 15) is 19.6 Å². The second kappa shape index (κ2) is 9.48. The zero-order valence-corrected chi connectivity index (χ0v) is 17.7. The molecule has 0 aromatic heterocycles. The van der Waals surface area contributed by atoms with E-state index in [0.717, 1.165) is 5.56 Å². The van der Waals surface area contributed by atoms with Crippen molar-refractivity contribution >= 4 is 18.2 Å². The topological polar surface area (TPSA) is 109 Å². The Hall–Kier alpha value is -3.28. The molecule has 162 valence electrons. The molecule has 0 N–H and O–H groups in total. The highest BCUT2D eigenvalue weighted by atomic mass is 16.6. The summed E-state index contributed by atoms with van der Waals surface area (Å²) in [6.45, 7) is 5.07. The number of piperazine rings is 1. The molecule has 9 heteroatoms. The molecule has 1 aliphatic heterocycles. The van der Waals surface area contributed by atoms with E-state index in [2.05, 4.69) is 0 Å². The third-order valence-electron chi connectivity index (χ3n) is 4.58. The zero-order chi connectivity index (χ0) is 22.4. The number of methoxy groups -OCH3 is 1. The van der Waals surface area contributed by atoms with Gasteiger partial charge in [-0.3, -0.25) is 4.90 Å². The Labute approximate surface area is 176 Å². The maximum Gasteiger partial charge on any atom is 0.411 e. The van der Waals surface area contributed by atoms with Gasteiger partial charge in [0.1, 0.15) is 12.2 Å². The third kappa shape index (κ3) is 5.41. The van der Waals surface area contributed by atoms with E-state index in [4.69, 9.17) is 14.2 Å². The SMILES string of the molecule is COC(=O)C1(CC#N)CN(C(=O)OC(C)(C)C)CCN1C(=O)OCc1ccccc1. The molecule has 0 bridgehead atoms. The predicted molar refractivity (Wildman–Crippen MR) is 106 cm³/mol. The highest BCUT2D eigenvalue weighted by Crippen LogP contribution is 2.29. The van der Waals surface area contributed by atoms with Crippen LogP contribution in [-0.2, 0) is 25.6 Å². The van der Waals surface area contributed by atoms with Crippen LogP contribution >= 0.6 is 0 Å². The molecule has 30 heavy (non-hydrogen) atoms. The average molecular weight is 417 g/mol. The van der Waals surface area contributed by atoms with Crippen molar-refractivity contribution in [3.05, 3.63) is 35.9 Å². The summed E-state index contributed by atoms with van der Waals surface area (Å²) in [4.78, 5) is 40.6. The average Bonchev–Trinajstić information content (AvgIpc) is 2.71. The summed E-state index contributed by atoms with van der Waals surface area (Å²) in [6, 6.07) is 11.0. The van der Waals surface area contributed by atoms with Gasteiger partial charge in [-0.15, -0.1) is 0 Å². The molecule has 1 atom stereocenters. The lowest BCUT2D eigenvalue weighted by Gasteiger charge is -2.46. The van der Waals surface area contributed by atoms with Gasteiger partial charge in [-0.25, -0.2) is 14.4 Å². The van der Waals surface area contributed by atoms with Crippen LogP contribution in [0.15, 0.2) is 30.3 Å². The summed E-state index contributed by atoms with van der Waals surface area (Å²) in [5.41, 5.74) is -1.64. The number of amides is 2. The number of ether oxygens (including phenoxy) is 3. The predicted octanol–water partition coefficient (Wildman–Crippen LogP) is 2.70. The largest absolute Gasteiger partial charge is 0.467 e. The number of hydrogen-bond donors (Lipinski definition) is 0. The summed E-state index contributed by atoms with van der Waals surface area (Å²) in [5.74, 6) is -0.797. The summed E-state index contributed by atoms with van der Waals surface area (Å²) in [5, 5.41) is 9.38. The summed E-state index contributed by atoms with van der Waals surface area (Å²) >= 11 is 0. The highest BCUT2D eigenvalue weighted by molar-refractivity contribution is 5.87. The van der Waals surface area contributed by atoms with E-state index < -0.39 is 29.3 Å². The minimum atomic E-state index is -1.69. The number of nitrogens with zero attached hydrogens (tertiary/aromatic N) is 3. The smallest absolute Gasteiger partial charge is 0.411 e. The molecular weight excluding hydrogens is 390 g/mol. The van der Waals surface area contributed by atoms with Crippen molar-refractivity contribution < 1.29 is 28.6 Å². The van der Waals surface area contributed by atoms with Crippen LogP contribution < -0.4 is 0 Å². The molecule has 2 amide bonds. The standard InChI is InChI=1S/C21H27N3O6/c1-20(2,3)30-18(26)23-12-13-24(21(15-23,10-11-22)17(25)28-4)19(27)29-14-16-8-6-5-7-9-16/h5-9H,10,12-15H2,1-4H3. The van der Waals surface area contributed by atoms with E-state index in [-0.39, 0.29) is 32.7 Å². The molecule has 1 unspecified atom stereocenters. The molecule has 0 radical (unpaired) electrons. The molecule has 2 rings (SSSR count). The van der Waals surface area contributed by atoms with Gasteiger partial charge in [-0.05, 0) is 26.3 Å². The van der Waals surface area contributed by atoms with Crippen molar-refractivity contribution in [1.82, 2.24) is 9.80 Å². The first-order chi connectivity index (χ1) is 14.1. The number of carbonyl (C=O) groups is 3. The molecule has 1 aromatic rings. The summed E-state index contributed by atoms with van der Waals surface area (Å²) in [6.07, 6.45) is -1.76. The Morgan fingerprint density at radius 1 is 1.13 bits per heavy atom. The fourth-order valence-electron chi connectivity index (χ4n) is 3.18. The maximum atomic E-state index is 12.8. The van der Waals surface area contributed by atoms with Crippen molar-refractivity contribution in [2.24, 2.45) is 0 Å². The molecule has 0 spiro atoms. The van der Waals surface area contributed by atoms with Gasteiger partial charge in [0.25, 0.3) is 0 Å². The van der Waals surface area contributed by atoms with Crippen LogP contribution in [0, 0.1) is 11.3 Å². The Kier molecular flexibility index (Phi) is 7.27. The van der Waals surface area contributed by atoms with Crippen molar-refractivity contribution in [2.45, 2.75) is 44.9 Å². The van der Waals surface area contributed by atoms with Crippen LogP contribution in [0.4, 0.5) is 9.59 Å². The minimum Gasteiger partial charge on any atom is -0.467 e. The number of carbonyl (C=O) groups excluding carboxylic acids is 3. The molecule has 9 nitrogen and oxygen atoms in total. The van der Waals surface area contributed by atoms with Crippen molar-refractivity contribution in [3.63, 3.8) is 0 Å². The van der Waals surface area contributed by atoms with Crippen LogP contribution in [0.5, 0.6) is 0 Å². The Balaban J connectivity index is 2.25. The van der Waals surface area contributed by atoms with E-state index in [0.29, 0.717) is 0 Å². The molecule has 0 aliphatic carbocycles. The number of rotatable bonds is 4. The van der Waals surface area contributed by atoms with Crippen LogP contribution in [0.25, 0.3) is 0 Å². The van der Waals surface area contributed by atoms with Crippen molar-refractivity contribution in [1.29, 1.82) is 5.26 Å². The lowest BCUT2D eigenvalue weighted by atomic mass is 9.90. The molecule has 1 aliphatic rings. The van der Waals surface area contributed by atoms with Gasteiger partial charge in [0.05, 0.1) is 26.1 Å². The van der Waals surface area contributed by atoms with Crippen LogP contribution in [0.3, 0.4) is 0 Å². The Morgan fingerprint density at radius 2 is 1.80 bits per heavy atom. The van der Waals surface area contributed by atoms with Gasteiger partial charge in [-0.2, -0.15) is 5.26 Å². The lowest BCUT2D eigenvalue weighted by Crippen LogP contribution is -2.68. The summed E-state index contributed by atoms with van der Waals surface area (Å²) in [7, 11) is 1.17. The molecule has 1 heterocycles. The van der Waals surface area contributed by atoms with Crippen LogP contribution in [0.1, 0.15) is 32.8 Å². The Morgan fingerprint density at radius 3 is 2.37 bits per heavy atom. The van der Waals surface area contributed by atoms with Crippen molar-refractivity contribution in [2.75, 3.05) is 26.7 Å². The van der Waals surface area contributed by atoms with E-state index in [1.165, 1.54) is 16.9 Å². The monoisotopic (exact) mass is 417 g/mol. The highest BCUT2D eigenvalue weighted by Gasteiger charge is 2.53. The molecule has 0 saturated carbocycles. The van der Waals surface area contributed by atoms with Crippen LogP contribution in [-0.4, -0.2) is 65.8 Å². The number of hydrogen-bond acceptors (Lipinski definition) is 7. The van der Waals surface area contributed by atoms with Gasteiger partial charge < -0.3 is 19.1 Å². The van der Waals surface area contributed by atoms with Crippen LogP contribution in [0.2, 0.25) is 0 Å². The van der Waals surface area contributed by atoms with Crippen molar-refractivity contribution in [3.8, 4) is 6.07 Å². The van der Waals surface area contributed by atoms with Gasteiger partial charge in [0.15, 0.2) is 5.54 Å². The summed E-state index contributed by atoms with van der Waals surface area (Å²) < 4.78 is 15.7. The first kappa shape index (κ1) is 23.0. The molecule has 1 fully saturated rings. The van der Waals surface area contributed by atoms with Gasteiger partial charge in [0.2, 0.25) is 0 Å². The fourth-order valence-corrected chi connectivity index (χ4v) is 3.18.